The second-order valence-electron chi connectivity index (χ2n) is 10.3. The first-order chi connectivity index (χ1) is 16.2. The molecule has 0 saturated carbocycles. The van der Waals surface area contributed by atoms with Gasteiger partial charge in [-0.25, -0.2) is 12.7 Å². The van der Waals surface area contributed by atoms with Gasteiger partial charge in [-0.1, -0.05) is 45.4 Å². The highest BCUT2D eigenvalue weighted by Gasteiger charge is 2.53. The van der Waals surface area contributed by atoms with Crippen LogP contribution in [0.5, 0.6) is 0 Å². The molecule has 3 rings (SSSR count). The largest absolute Gasteiger partial charge is 0.330 e. The molecule has 9 heteroatoms. The zero-order chi connectivity index (χ0) is 24.7. The van der Waals surface area contributed by atoms with Crippen LogP contribution < -0.4 is 0 Å². The summed E-state index contributed by atoms with van der Waals surface area (Å²) >= 11 is 0. The minimum atomic E-state index is -3.68. The quantitative estimate of drug-likeness (QED) is 0.365. The van der Waals surface area contributed by atoms with Crippen molar-refractivity contribution in [3.05, 3.63) is 11.8 Å². The van der Waals surface area contributed by atoms with Crippen LogP contribution in [0, 0.1) is 5.92 Å². The molecule has 0 aromatic heterocycles. The second-order valence-corrected chi connectivity index (χ2v) is 12.1. The Kier molecular flexibility index (Phi) is 9.97. The van der Waals surface area contributed by atoms with E-state index >= 15 is 0 Å². The molecule has 0 unspecified atom stereocenters. The summed E-state index contributed by atoms with van der Waals surface area (Å²) in [5.41, 5.74) is 0.482. The topological polar surface area (TPSA) is 81.2 Å². The third-order valence-corrected chi connectivity index (χ3v) is 8.54. The van der Waals surface area contributed by atoms with Crippen molar-refractivity contribution in [3.63, 3.8) is 0 Å². The number of hydrogen-bond acceptors (Lipinski definition) is 6. The van der Waals surface area contributed by atoms with Crippen LogP contribution in [0.2, 0.25) is 0 Å². The summed E-state index contributed by atoms with van der Waals surface area (Å²) in [7, 11) is -1.49. The van der Waals surface area contributed by atoms with E-state index < -0.39 is 22.0 Å². The minimum absolute atomic E-state index is 0.0349. The van der Waals surface area contributed by atoms with Gasteiger partial charge in [-0.15, -0.1) is 0 Å². The van der Waals surface area contributed by atoms with E-state index in [4.69, 9.17) is 0 Å². The molecule has 3 heterocycles. The predicted octanol–water partition coefficient (Wildman–Crippen LogP) is 2.67. The Hall–Kier alpha value is -1.45. The van der Waals surface area contributed by atoms with Crippen LogP contribution in [0.25, 0.3) is 0 Å². The number of amides is 2. The molecule has 0 bridgehead atoms. The fraction of sp³-hybridized carbons (Fsp3) is 0.840. The van der Waals surface area contributed by atoms with Crippen LogP contribution in [0.15, 0.2) is 11.8 Å². The van der Waals surface area contributed by atoms with Gasteiger partial charge in [-0.2, -0.15) is 0 Å². The van der Waals surface area contributed by atoms with Crippen LogP contribution in [0.4, 0.5) is 0 Å². The lowest BCUT2D eigenvalue weighted by Gasteiger charge is -2.32. The highest BCUT2D eigenvalue weighted by atomic mass is 32.2. The van der Waals surface area contributed by atoms with Crippen LogP contribution in [0.1, 0.15) is 71.1 Å². The van der Waals surface area contributed by atoms with Crippen molar-refractivity contribution < 1.29 is 18.0 Å². The van der Waals surface area contributed by atoms with E-state index in [0.717, 1.165) is 36.2 Å². The van der Waals surface area contributed by atoms with Crippen molar-refractivity contribution in [2.45, 2.75) is 77.2 Å². The first-order valence-corrected chi connectivity index (χ1v) is 15.0. The zero-order valence-corrected chi connectivity index (χ0v) is 22.2. The van der Waals surface area contributed by atoms with E-state index in [9.17, 15) is 18.0 Å². The number of hydrogen-bond donors (Lipinski definition) is 0. The maximum absolute atomic E-state index is 13.0. The molecule has 2 amide bonds. The van der Waals surface area contributed by atoms with Gasteiger partial charge in [-0.05, 0) is 38.9 Å². The van der Waals surface area contributed by atoms with Gasteiger partial charge >= 0.3 is 0 Å². The molecular formula is C25H44N4O4S. The summed E-state index contributed by atoms with van der Waals surface area (Å²) in [6.45, 7) is 8.34. The fourth-order valence-corrected chi connectivity index (χ4v) is 6.57. The normalized spacial score (nSPS) is 24.1. The Bertz CT molecular complexity index is 836. The molecule has 3 aliphatic rings. The number of carbonyl (C=O) groups excluding carboxylic acids is 2. The van der Waals surface area contributed by atoms with Gasteiger partial charge < -0.3 is 14.7 Å². The van der Waals surface area contributed by atoms with Gasteiger partial charge in [0.1, 0.15) is 0 Å². The number of sulfonamides is 1. The molecule has 0 aromatic rings. The molecule has 3 aliphatic heterocycles. The Balaban J connectivity index is 1.33. The van der Waals surface area contributed by atoms with Crippen LogP contribution in [-0.2, 0) is 19.6 Å². The lowest BCUT2D eigenvalue weighted by atomic mass is 9.95. The van der Waals surface area contributed by atoms with E-state index in [-0.39, 0.29) is 11.8 Å². The van der Waals surface area contributed by atoms with Crippen LogP contribution in [-0.4, -0.2) is 97.9 Å². The minimum Gasteiger partial charge on any atom is -0.330 e. The van der Waals surface area contributed by atoms with Gasteiger partial charge in [0, 0.05) is 39.1 Å². The highest BCUT2D eigenvalue weighted by Crippen LogP contribution is 2.40. The van der Waals surface area contributed by atoms with E-state index in [2.05, 4.69) is 16.8 Å². The lowest BCUT2D eigenvalue weighted by Crippen LogP contribution is -2.44. The molecule has 0 radical (unpaired) electrons. The lowest BCUT2D eigenvalue weighted by molar-refractivity contribution is -0.133. The first-order valence-electron chi connectivity index (χ1n) is 13.2. The van der Waals surface area contributed by atoms with Crippen LogP contribution in [0.3, 0.4) is 0 Å². The van der Waals surface area contributed by atoms with Gasteiger partial charge in [0.25, 0.3) is 0 Å². The Labute approximate surface area is 206 Å². The molecule has 2 atom stereocenters. The van der Waals surface area contributed by atoms with Crippen molar-refractivity contribution in [2.75, 3.05) is 52.6 Å². The average molecular weight is 497 g/mol. The summed E-state index contributed by atoms with van der Waals surface area (Å²) in [4.78, 5) is 32.4. The number of carbonyl (C=O) groups is 2. The van der Waals surface area contributed by atoms with Gasteiger partial charge in [0.2, 0.25) is 21.8 Å². The molecule has 8 nitrogen and oxygen atoms in total. The number of piperazine rings is 1. The predicted molar refractivity (Wildman–Crippen MR) is 135 cm³/mol. The maximum atomic E-state index is 13.0. The van der Waals surface area contributed by atoms with E-state index in [0.29, 0.717) is 25.1 Å². The van der Waals surface area contributed by atoms with Crippen LogP contribution >= 0.6 is 0 Å². The number of rotatable bonds is 13. The molecule has 2 saturated heterocycles. The fourth-order valence-electron chi connectivity index (χ4n) is 5.54. The van der Waals surface area contributed by atoms with Crippen molar-refractivity contribution in [3.8, 4) is 0 Å². The van der Waals surface area contributed by atoms with E-state index in [1.807, 2.05) is 6.92 Å². The molecule has 0 N–H and O–H groups in total. The molecule has 0 spiro atoms. The smallest absolute Gasteiger partial charge is 0.246 e. The second kappa shape index (κ2) is 12.5. The molecule has 0 aromatic carbocycles. The summed E-state index contributed by atoms with van der Waals surface area (Å²) in [6.07, 6.45) is 12.7. The number of nitrogens with zero attached hydrogens (tertiary/aromatic N) is 4. The molecule has 34 heavy (non-hydrogen) atoms. The molecular weight excluding hydrogens is 452 g/mol. The Morgan fingerprint density at radius 1 is 1.00 bits per heavy atom. The van der Waals surface area contributed by atoms with E-state index in [1.54, 1.807) is 11.0 Å². The summed E-state index contributed by atoms with van der Waals surface area (Å²) in [6, 6.07) is -0.421. The number of fused-ring (bicyclic) bond motifs is 1. The third-order valence-electron chi connectivity index (χ3n) is 7.48. The molecule has 0 aliphatic carbocycles. The Morgan fingerprint density at radius 2 is 1.62 bits per heavy atom. The third kappa shape index (κ3) is 6.82. The van der Waals surface area contributed by atoms with Crippen molar-refractivity contribution in [1.82, 2.24) is 19.0 Å². The van der Waals surface area contributed by atoms with Gasteiger partial charge in [-0.3, -0.25) is 9.59 Å². The average Bonchev–Trinajstić information content (AvgIpc) is 3.31. The van der Waals surface area contributed by atoms with Crippen molar-refractivity contribution in [1.29, 1.82) is 0 Å². The molecule has 2 fully saturated rings. The van der Waals surface area contributed by atoms with Gasteiger partial charge in [0.15, 0.2) is 0 Å². The summed E-state index contributed by atoms with van der Waals surface area (Å²) < 4.78 is 25.3. The Morgan fingerprint density at radius 3 is 2.24 bits per heavy atom. The molecule has 194 valence electrons. The SMILES string of the molecule is CCC[C@H]1C(=O)N(S(C)(=O)=O)C2=CCN(C(=O)CCCCCCCCCN3CCN(C)CC3)[C@@H]21. The van der Waals surface area contributed by atoms with E-state index in [1.165, 1.54) is 58.4 Å². The number of likely N-dealkylation sites (N-methyl/N-ethyl adjacent to an activating group) is 1. The highest BCUT2D eigenvalue weighted by molar-refractivity contribution is 7.89. The zero-order valence-electron chi connectivity index (χ0n) is 21.4. The van der Waals surface area contributed by atoms with Crippen molar-refractivity contribution >= 4 is 21.8 Å². The van der Waals surface area contributed by atoms with Gasteiger partial charge in [0.05, 0.1) is 23.9 Å². The summed E-state index contributed by atoms with van der Waals surface area (Å²) in [5, 5.41) is 0. The van der Waals surface area contributed by atoms with Crippen molar-refractivity contribution in [2.24, 2.45) is 5.92 Å². The maximum Gasteiger partial charge on any atom is 0.246 e. The summed E-state index contributed by atoms with van der Waals surface area (Å²) in [5.74, 6) is -0.804. The number of unbranched alkanes of at least 4 members (excludes halogenated alkanes) is 6. The first kappa shape index (κ1) is 27.1. The standard InChI is InChI=1S/C25H44N4O4S/c1-4-12-21-24-22(29(25(21)31)34(3,32)33)14-16-28(24)23(30)13-10-8-6-5-7-9-11-15-27-19-17-26(2)18-20-27/h14,21,24H,4-13,15-20H2,1-3H3/t21-,24-/m1/s1. The monoisotopic (exact) mass is 496 g/mol.